The van der Waals surface area contributed by atoms with E-state index in [1.807, 2.05) is 0 Å². The smallest absolute Gasteiger partial charge is 0.252 e. The molecule has 0 spiro atoms. The van der Waals surface area contributed by atoms with Crippen LogP contribution in [0.15, 0.2) is 27.1 Å². The van der Waals surface area contributed by atoms with Gasteiger partial charge in [0.1, 0.15) is 0 Å². The minimum Gasteiger partial charge on any atom is -0.383 e. The molecule has 7 heteroatoms. The summed E-state index contributed by atoms with van der Waals surface area (Å²) in [7, 11) is 1.57. The zero-order valence-electron chi connectivity index (χ0n) is 11.0. The van der Waals surface area contributed by atoms with Gasteiger partial charge >= 0.3 is 0 Å². The molecule has 5 nitrogen and oxygen atoms in total. The number of hydrogen-bond acceptors (Lipinski definition) is 3. The van der Waals surface area contributed by atoms with E-state index in [0.717, 1.165) is 4.47 Å². The van der Waals surface area contributed by atoms with Crippen LogP contribution in [0.2, 0.25) is 0 Å². The van der Waals surface area contributed by atoms with E-state index in [9.17, 15) is 9.59 Å². The molecule has 0 heterocycles. The highest BCUT2D eigenvalue weighted by atomic mass is 79.9. The van der Waals surface area contributed by atoms with Gasteiger partial charge in [-0.25, -0.2) is 0 Å². The summed E-state index contributed by atoms with van der Waals surface area (Å²) < 4.78 is 6.41. The molecule has 0 aliphatic heterocycles. The van der Waals surface area contributed by atoms with Gasteiger partial charge in [0.25, 0.3) is 5.91 Å². The van der Waals surface area contributed by atoms with E-state index in [1.165, 1.54) is 0 Å². The molecule has 0 bridgehead atoms. The van der Waals surface area contributed by atoms with Crippen molar-refractivity contribution in [3.05, 3.63) is 32.7 Å². The summed E-state index contributed by atoms with van der Waals surface area (Å²) in [6.45, 7) is 1.24. The molecular weight excluding hydrogens is 392 g/mol. The summed E-state index contributed by atoms with van der Waals surface area (Å²) in [5, 5.41) is 5.39. The van der Waals surface area contributed by atoms with Crippen LogP contribution >= 0.6 is 31.9 Å². The molecule has 0 aromatic heterocycles. The maximum Gasteiger partial charge on any atom is 0.252 e. The molecule has 0 fully saturated rings. The topological polar surface area (TPSA) is 67.4 Å². The predicted octanol–water partition coefficient (Wildman–Crippen LogP) is 2.09. The summed E-state index contributed by atoms with van der Waals surface area (Å²) in [6.07, 6.45) is 0.240. The van der Waals surface area contributed by atoms with Crippen LogP contribution in [0.25, 0.3) is 0 Å². The average Bonchev–Trinajstić information content (AvgIpc) is 2.38. The Morgan fingerprint density at radius 2 is 1.95 bits per heavy atom. The molecule has 1 rings (SSSR count). The van der Waals surface area contributed by atoms with E-state index in [-0.39, 0.29) is 18.2 Å². The second kappa shape index (κ2) is 9.10. The molecular formula is C13H16Br2N2O3. The summed E-state index contributed by atoms with van der Waals surface area (Å²) in [5.74, 6) is -0.328. The molecule has 0 saturated carbocycles. The number of methoxy groups -OCH3 is 1. The van der Waals surface area contributed by atoms with Gasteiger partial charge in [-0.3, -0.25) is 9.59 Å². The Bertz CT molecular complexity index is 481. The molecule has 110 valence electrons. The normalized spacial score (nSPS) is 10.2. The summed E-state index contributed by atoms with van der Waals surface area (Å²) in [6, 6.07) is 5.30. The van der Waals surface area contributed by atoms with Crippen molar-refractivity contribution < 1.29 is 14.3 Å². The summed E-state index contributed by atoms with van der Waals surface area (Å²) >= 11 is 6.65. The maximum atomic E-state index is 11.9. The first kappa shape index (κ1) is 17.1. The van der Waals surface area contributed by atoms with E-state index in [4.69, 9.17) is 4.74 Å². The largest absolute Gasteiger partial charge is 0.383 e. The highest BCUT2D eigenvalue weighted by Gasteiger charge is 2.10. The van der Waals surface area contributed by atoms with E-state index in [2.05, 4.69) is 42.5 Å². The quantitative estimate of drug-likeness (QED) is 0.680. The van der Waals surface area contributed by atoms with Crippen molar-refractivity contribution in [2.75, 3.05) is 26.8 Å². The minimum absolute atomic E-state index is 0.114. The Morgan fingerprint density at radius 1 is 1.20 bits per heavy atom. The molecule has 20 heavy (non-hydrogen) atoms. The number of carbonyl (C=O) groups is 2. The lowest BCUT2D eigenvalue weighted by Crippen LogP contribution is -2.32. The van der Waals surface area contributed by atoms with Crippen molar-refractivity contribution in [3.63, 3.8) is 0 Å². The Morgan fingerprint density at radius 3 is 2.60 bits per heavy atom. The Labute approximate surface area is 134 Å². The van der Waals surface area contributed by atoms with Crippen molar-refractivity contribution in [2.45, 2.75) is 6.42 Å². The number of carbonyl (C=O) groups excluding carboxylic acids is 2. The molecule has 0 saturated heterocycles. The van der Waals surface area contributed by atoms with Crippen molar-refractivity contribution in [3.8, 4) is 0 Å². The highest BCUT2D eigenvalue weighted by molar-refractivity contribution is 9.11. The Kier molecular flexibility index (Phi) is 7.79. The van der Waals surface area contributed by atoms with Gasteiger partial charge in [-0.15, -0.1) is 0 Å². The lowest BCUT2D eigenvalue weighted by Gasteiger charge is -2.08. The fourth-order valence-corrected chi connectivity index (χ4v) is 2.67. The fourth-order valence-electron chi connectivity index (χ4n) is 1.44. The zero-order chi connectivity index (χ0) is 15.0. The van der Waals surface area contributed by atoms with Crippen molar-refractivity contribution in [1.29, 1.82) is 0 Å². The highest BCUT2D eigenvalue weighted by Crippen LogP contribution is 2.21. The van der Waals surface area contributed by atoms with Gasteiger partial charge in [0.15, 0.2) is 0 Å². The van der Waals surface area contributed by atoms with Gasteiger partial charge in [-0.05, 0) is 34.1 Å². The SMILES string of the molecule is COCCNC(=O)CCNC(=O)c1ccc(Br)cc1Br. The third-order valence-corrected chi connectivity index (χ3v) is 3.59. The van der Waals surface area contributed by atoms with Crippen molar-refractivity contribution in [2.24, 2.45) is 0 Å². The molecule has 1 aromatic rings. The van der Waals surface area contributed by atoms with E-state index >= 15 is 0 Å². The first-order chi connectivity index (χ1) is 9.54. The predicted molar refractivity (Wildman–Crippen MR) is 83.7 cm³/mol. The first-order valence-corrected chi connectivity index (χ1v) is 7.62. The van der Waals surface area contributed by atoms with Gasteiger partial charge in [0, 0.05) is 35.6 Å². The molecule has 0 radical (unpaired) electrons. The number of hydrogen-bond donors (Lipinski definition) is 2. The van der Waals surface area contributed by atoms with Crippen LogP contribution in [0, 0.1) is 0 Å². The van der Waals surface area contributed by atoms with Gasteiger partial charge < -0.3 is 15.4 Å². The minimum atomic E-state index is -0.214. The third kappa shape index (κ3) is 6.02. The van der Waals surface area contributed by atoms with Crippen molar-refractivity contribution >= 4 is 43.7 Å². The molecule has 0 unspecified atom stereocenters. The molecule has 0 atom stereocenters. The molecule has 0 aliphatic carbocycles. The second-order valence-corrected chi connectivity index (χ2v) is 5.74. The molecule has 2 amide bonds. The van der Waals surface area contributed by atoms with Crippen LogP contribution in [0.1, 0.15) is 16.8 Å². The van der Waals surface area contributed by atoms with Gasteiger partial charge in [-0.2, -0.15) is 0 Å². The standard InChI is InChI=1S/C13H16Br2N2O3/c1-20-7-6-16-12(18)4-5-17-13(19)10-3-2-9(14)8-11(10)15/h2-3,8H,4-7H2,1H3,(H,16,18)(H,17,19). The number of halogens is 2. The van der Waals surface area contributed by atoms with Crippen LogP contribution in [-0.2, 0) is 9.53 Å². The average molecular weight is 408 g/mol. The Balaban J connectivity index is 2.34. The Hall–Kier alpha value is -0.920. The number of nitrogens with one attached hydrogen (secondary N) is 2. The lowest BCUT2D eigenvalue weighted by molar-refractivity contribution is -0.121. The van der Waals surface area contributed by atoms with E-state index in [0.29, 0.717) is 29.7 Å². The third-order valence-electron chi connectivity index (χ3n) is 2.44. The number of rotatable bonds is 7. The van der Waals surface area contributed by atoms with Crippen LogP contribution in [0.3, 0.4) is 0 Å². The first-order valence-electron chi connectivity index (χ1n) is 6.03. The van der Waals surface area contributed by atoms with Crippen LogP contribution in [0.4, 0.5) is 0 Å². The lowest BCUT2D eigenvalue weighted by atomic mass is 10.2. The fraction of sp³-hybridized carbons (Fsp3) is 0.385. The molecule has 1 aromatic carbocycles. The molecule has 0 aliphatic rings. The van der Waals surface area contributed by atoms with Crippen LogP contribution < -0.4 is 10.6 Å². The summed E-state index contributed by atoms with van der Waals surface area (Å²) in [5.41, 5.74) is 0.535. The van der Waals surface area contributed by atoms with Crippen LogP contribution in [-0.4, -0.2) is 38.6 Å². The van der Waals surface area contributed by atoms with Crippen LogP contribution in [0.5, 0.6) is 0 Å². The van der Waals surface area contributed by atoms with E-state index in [1.54, 1.807) is 25.3 Å². The van der Waals surface area contributed by atoms with E-state index < -0.39 is 0 Å². The van der Waals surface area contributed by atoms with Crippen molar-refractivity contribution in [1.82, 2.24) is 10.6 Å². The number of benzene rings is 1. The number of amides is 2. The second-order valence-electron chi connectivity index (χ2n) is 3.97. The summed E-state index contributed by atoms with van der Waals surface area (Å²) in [4.78, 5) is 23.3. The molecule has 2 N–H and O–H groups in total. The van der Waals surface area contributed by atoms with Gasteiger partial charge in [0.2, 0.25) is 5.91 Å². The maximum absolute atomic E-state index is 11.9. The van der Waals surface area contributed by atoms with Gasteiger partial charge in [-0.1, -0.05) is 15.9 Å². The monoisotopic (exact) mass is 406 g/mol. The van der Waals surface area contributed by atoms with Gasteiger partial charge in [0.05, 0.1) is 12.2 Å². The number of ether oxygens (including phenoxy) is 1. The zero-order valence-corrected chi connectivity index (χ0v) is 14.2.